The molecule has 0 heterocycles. The first-order valence-electron chi connectivity index (χ1n) is 10.8. The summed E-state index contributed by atoms with van der Waals surface area (Å²) in [5, 5.41) is 0. The van der Waals surface area contributed by atoms with Gasteiger partial charge in [-0.05, 0) is 67.6 Å². The lowest BCUT2D eigenvalue weighted by Gasteiger charge is -2.32. The molecule has 0 aromatic rings. The molecular formula is C22H40. The molecule has 0 spiro atoms. The van der Waals surface area contributed by atoms with Crippen LogP contribution in [0.5, 0.6) is 0 Å². The Kier molecular flexibility index (Phi) is 6.28. The summed E-state index contributed by atoms with van der Waals surface area (Å²) in [6.07, 6.45) is 21.8. The molecule has 4 aliphatic rings. The van der Waals surface area contributed by atoms with Crippen molar-refractivity contribution in [2.75, 3.05) is 0 Å². The number of hydrogen-bond acceptors (Lipinski definition) is 0. The van der Waals surface area contributed by atoms with Crippen molar-refractivity contribution in [1.82, 2.24) is 0 Å². The number of rotatable bonds is 2. The Morgan fingerprint density at radius 2 is 0.909 bits per heavy atom. The molecule has 0 amide bonds. The molecule has 4 atom stereocenters. The fourth-order valence-electron chi connectivity index (χ4n) is 6.80. The van der Waals surface area contributed by atoms with Crippen LogP contribution in [0.1, 0.15) is 104 Å². The molecule has 4 unspecified atom stereocenters. The second-order valence-electron chi connectivity index (χ2n) is 8.98. The molecule has 0 bridgehead atoms. The summed E-state index contributed by atoms with van der Waals surface area (Å²) < 4.78 is 0. The summed E-state index contributed by atoms with van der Waals surface area (Å²) in [6, 6.07) is 0. The van der Waals surface area contributed by atoms with Gasteiger partial charge < -0.3 is 0 Å². The minimum Gasteiger partial charge on any atom is -0.0656 e. The maximum atomic E-state index is 2.12. The van der Waals surface area contributed by atoms with E-state index in [1.54, 1.807) is 83.5 Å². The summed E-state index contributed by atoms with van der Waals surface area (Å²) >= 11 is 0. The van der Waals surface area contributed by atoms with Crippen LogP contribution in [0.15, 0.2) is 0 Å². The van der Waals surface area contributed by atoms with Crippen LogP contribution in [0.2, 0.25) is 0 Å². The molecule has 0 aromatic heterocycles. The Morgan fingerprint density at radius 3 is 1.36 bits per heavy atom. The smallest absolute Gasteiger partial charge is 0.0349 e. The van der Waals surface area contributed by atoms with Crippen LogP contribution in [0.4, 0.5) is 0 Å². The highest BCUT2D eigenvalue weighted by Gasteiger charge is 2.50. The first kappa shape index (κ1) is 16.8. The molecule has 0 radical (unpaired) electrons. The molecule has 128 valence electrons. The van der Waals surface area contributed by atoms with Gasteiger partial charge in [-0.1, -0.05) is 71.6 Å². The quantitative estimate of drug-likeness (QED) is 0.505. The van der Waals surface area contributed by atoms with E-state index in [2.05, 4.69) is 13.8 Å². The standard InChI is InChI=1S/C19H32.C3H8/c1-2-8-14(7-1)13-19-17-11-5-3-9-15(17)16-10-4-6-12-18(16)19;1-3-2/h14-19H,1-13H2;3H2,1-2H3. The predicted molar refractivity (Wildman–Crippen MR) is 96.9 cm³/mol. The Hall–Kier alpha value is 0. The predicted octanol–water partition coefficient (Wildman–Crippen LogP) is 7.23. The van der Waals surface area contributed by atoms with Crippen molar-refractivity contribution in [1.29, 1.82) is 0 Å². The van der Waals surface area contributed by atoms with E-state index in [0.717, 1.165) is 5.92 Å². The van der Waals surface area contributed by atoms with Gasteiger partial charge in [-0.15, -0.1) is 0 Å². The molecule has 0 nitrogen and oxygen atoms in total. The van der Waals surface area contributed by atoms with Crippen molar-refractivity contribution in [3.63, 3.8) is 0 Å². The van der Waals surface area contributed by atoms with Gasteiger partial charge in [-0.3, -0.25) is 0 Å². The molecular weight excluding hydrogens is 264 g/mol. The fourth-order valence-corrected chi connectivity index (χ4v) is 6.80. The maximum Gasteiger partial charge on any atom is -0.0349 e. The largest absolute Gasteiger partial charge is 0.0656 e. The maximum absolute atomic E-state index is 2.12. The van der Waals surface area contributed by atoms with Crippen LogP contribution >= 0.6 is 0 Å². The Bertz CT molecular complexity index is 292. The van der Waals surface area contributed by atoms with Gasteiger partial charge >= 0.3 is 0 Å². The van der Waals surface area contributed by atoms with Gasteiger partial charge in [0, 0.05) is 0 Å². The Labute approximate surface area is 139 Å². The summed E-state index contributed by atoms with van der Waals surface area (Å²) in [5.41, 5.74) is 0. The van der Waals surface area contributed by atoms with E-state index in [-0.39, 0.29) is 0 Å². The number of hydrogen-bond donors (Lipinski definition) is 0. The van der Waals surface area contributed by atoms with E-state index in [0.29, 0.717) is 0 Å². The molecule has 0 aromatic carbocycles. The van der Waals surface area contributed by atoms with Gasteiger partial charge in [0.2, 0.25) is 0 Å². The van der Waals surface area contributed by atoms with Crippen LogP contribution in [0.3, 0.4) is 0 Å². The highest BCUT2D eigenvalue weighted by molar-refractivity contribution is 5.00. The van der Waals surface area contributed by atoms with Crippen LogP contribution in [0.25, 0.3) is 0 Å². The van der Waals surface area contributed by atoms with Crippen molar-refractivity contribution in [2.45, 2.75) is 104 Å². The van der Waals surface area contributed by atoms with Crippen LogP contribution < -0.4 is 0 Å². The van der Waals surface area contributed by atoms with Crippen molar-refractivity contribution in [3.05, 3.63) is 0 Å². The van der Waals surface area contributed by atoms with Gasteiger partial charge in [-0.2, -0.15) is 0 Å². The van der Waals surface area contributed by atoms with Crippen molar-refractivity contribution >= 4 is 0 Å². The summed E-state index contributed by atoms with van der Waals surface area (Å²) in [5.74, 6) is 6.98. The highest BCUT2D eigenvalue weighted by atomic mass is 14.6. The molecule has 4 aliphatic carbocycles. The van der Waals surface area contributed by atoms with Gasteiger partial charge in [0.1, 0.15) is 0 Å². The summed E-state index contributed by atoms with van der Waals surface area (Å²) in [4.78, 5) is 0. The van der Waals surface area contributed by atoms with Crippen molar-refractivity contribution < 1.29 is 0 Å². The van der Waals surface area contributed by atoms with Crippen LogP contribution in [-0.4, -0.2) is 0 Å². The van der Waals surface area contributed by atoms with Gasteiger partial charge in [0.15, 0.2) is 0 Å². The lowest BCUT2D eigenvalue weighted by atomic mass is 9.73. The van der Waals surface area contributed by atoms with Crippen LogP contribution in [0, 0.1) is 35.5 Å². The number of fused-ring (bicyclic) bond motifs is 3. The van der Waals surface area contributed by atoms with Gasteiger partial charge in [0.25, 0.3) is 0 Å². The van der Waals surface area contributed by atoms with E-state index in [1.807, 2.05) is 0 Å². The van der Waals surface area contributed by atoms with Crippen LogP contribution in [-0.2, 0) is 0 Å². The third-order valence-electron chi connectivity index (χ3n) is 7.48. The average molecular weight is 305 g/mol. The van der Waals surface area contributed by atoms with Crippen molar-refractivity contribution in [2.24, 2.45) is 35.5 Å². The lowest BCUT2D eigenvalue weighted by Crippen LogP contribution is -2.22. The topological polar surface area (TPSA) is 0 Å². The Balaban J connectivity index is 0.000000446. The molecule has 0 heteroatoms. The fraction of sp³-hybridized carbons (Fsp3) is 1.00. The SMILES string of the molecule is C1CCC(CC2C3CCCCC3C3CCCCC32)C1.CCC. The van der Waals surface area contributed by atoms with Crippen molar-refractivity contribution in [3.8, 4) is 0 Å². The zero-order valence-electron chi connectivity index (χ0n) is 15.4. The van der Waals surface area contributed by atoms with E-state index >= 15 is 0 Å². The van der Waals surface area contributed by atoms with Gasteiger partial charge in [-0.25, -0.2) is 0 Å². The second kappa shape index (κ2) is 8.20. The molecule has 4 rings (SSSR count). The molecule has 22 heavy (non-hydrogen) atoms. The molecule has 4 saturated carbocycles. The lowest BCUT2D eigenvalue weighted by molar-refractivity contribution is 0.184. The third kappa shape index (κ3) is 3.57. The monoisotopic (exact) mass is 304 g/mol. The van der Waals surface area contributed by atoms with E-state index in [9.17, 15) is 0 Å². The van der Waals surface area contributed by atoms with E-state index < -0.39 is 0 Å². The first-order chi connectivity index (χ1) is 10.8. The molecule has 0 aliphatic heterocycles. The Morgan fingerprint density at radius 1 is 0.545 bits per heavy atom. The van der Waals surface area contributed by atoms with E-state index in [4.69, 9.17) is 0 Å². The first-order valence-corrected chi connectivity index (χ1v) is 10.8. The molecule has 4 fully saturated rings. The highest BCUT2D eigenvalue weighted by Crippen LogP contribution is 2.59. The molecule has 0 N–H and O–H groups in total. The summed E-state index contributed by atoms with van der Waals surface area (Å²) in [6.45, 7) is 4.25. The van der Waals surface area contributed by atoms with E-state index in [1.165, 1.54) is 36.0 Å². The molecule has 0 saturated heterocycles. The third-order valence-corrected chi connectivity index (χ3v) is 7.48. The zero-order valence-corrected chi connectivity index (χ0v) is 15.4. The normalized spacial score (nSPS) is 41.5. The summed E-state index contributed by atoms with van der Waals surface area (Å²) in [7, 11) is 0. The second-order valence-corrected chi connectivity index (χ2v) is 8.98. The minimum atomic E-state index is 1.13. The van der Waals surface area contributed by atoms with Gasteiger partial charge in [0.05, 0.1) is 0 Å². The zero-order chi connectivity index (χ0) is 15.4. The average Bonchev–Trinajstić information content (AvgIpc) is 3.16. The minimum absolute atomic E-state index is 1.13.